The summed E-state index contributed by atoms with van der Waals surface area (Å²) in [4.78, 5) is 21.7. The molecule has 18 heavy (non-hydrogen) atoms. The monoisotopic (exact) mass is 274 g/mol. The predicted molar refractivity (Wildman–Crippen MR) is 63.7 cm³/mol. The van der Waals surface area contributed by atoms with Crippen molar-refractivity contribution in [3.05, 3.63) is 34.6 Å². The minimum absolute atomic E-state index is 0.00176. The van der Waals surface area contributed by atoms with Crippen LogP contribution in [0.15, 0.2) is 18.2 Å². The van der Waals surface area contributed by atoms with Crippen LogP contribution < -0.4 is 11.1 Å². The fourth-order valence-electron chi connectivity index (χ4n) is 1.24. The Labute approximate surface area is 108 Å². The highest BCUT2D eigenvalue weighted by molar-refractivity contribution is 6.31. The van der Waals surface area contributed by atoms with Crippen LogP contribution in [0.4, 0.5) is 9.18 Å². The Morgan fingerprint density at radius 1 is 1.44 bits per heavy atom. The van der Waals surface area contributed by atoms with E-state index in [9.17, 15) is 14.0 Å². The summed E-state index contributed by atoms with van der Waals surface area (Å²) in [5, 5.41) is 2.70. The van der Waals surface area contributed by atoms with Gasteiger partial charge in [0, 0.05) is 5.02 Å². The summed E-state index contributed by atoms with van der Waals surface area (Å²) in [5.41, 5.74) is 5.26. The molecule has 5 nitrogen and oxygen atoms in total. The molecule has 0 fully saturated rings. The third-order valence-electron chi connectivity index (χ3n) is 2.03. The number of rotatable bonds is 5. The molecule has 0 heterocycles. The van der Waals surface area contributed by atoms with Gasteiger partial charge in [0.25, 0.3) is 0 Å². The normalized spacial score (nSPS) is 9.89. The van der Waals surface area contributed by atoms with Gasteiger partial charge in [-0.15, -0.1) is 0 Å². The van der Waals surface area contributed by atoms with Crippen molar-refractivity contribution in [2.45, 2.75) is 6.42 Å². The van der Waals surface area contributed by atoms with Crippen molar-refractivity contribution >= 4 is 23.6 Å². The lowest BCUT2D eigenvalue weighted by atomic mass is 10.1. The van der Waals surface area contributed by atoms with Gasteiger partial charge in [0.05, 0.1) is 13.0 Å². The van der Waals surface area contributed by atoms with Crippen molar-refractivity contribution in [1.82, 2.24) is 5.32 Å². The summed E-state index contributed by atoms with van der Waals surface area (Å²) in [6, 6.07) is 3.81. The number of amides is 2. The lowest BCUT2D eigenvalue weighted by Gasteiger charge is -2.06. The lowest BCUT2D eigenvalue weighted by Crippen LogP contribution is -2.30. The molecule has 2 amide bonds. The third-order valence-corrected chi connectivity index (χ3v) is 2.39. The van der Waals surface area contributed by atoms with Crippen LogP contribution in [0.1, 0.15) is 5.56 Å². The fraction of sp³-hybridized carbons (Fsp3) is 0.273. The quantitative estimate of drug-likeness (QED) is 0.793. The molecule has 1 aromatic carbocycles. The Balaban J connectivity index is 2.38. The minimum atomic E-state index is -0.897. The zero-order valence-corrected chi connectivity index (χ0v) is 10.2. The molecule has 0 atom stereocenters. The van der Waals surface area contributed by atoms with Crippen LogP contribution in [-0.2, 0) is 16.0 Å². The molecule has 0 saturated carbocycles. The highest BCUT2D eigenvalue weighted by Crippen LogP contribution is 2.17. The van der Waals surface area contributed by atoms with E-state index < -0.39 is 11.9 Å². The van der Waals surface area contributed by atoms with Gasteiger partial charge in [0.2, 0.25) is 5.91 Å². The van der Waals surface area contributed by atoms with Gasteiger partial charge in [0.15, 0.2) is 0 Å². The van der Waals surface area contributed by atoms with E-state index in [1.54, 1.807) is 0 Å². The second-order valence-corrected chi connectivity index (χ2v) is 3.84. The first-order valence-electron chi connectivity index (χ1n) is 5.12. The maximum atomic E-state index is 12.8. The summed E-state index contributed by atoms with van der Waals surface area (Å²) < 4.78 is 17.2. The van der Waals surface area contributed by atoms with Crippen LogP contribution in [-0.4, -0.2) is 25.2 Å². The van der Waals surface area contributed by atoms with E-state index in [2.05, 4.69) is 10.1 Å². The van der Waals surface area contributed by atoms with Gasteiger partial charge < -0.3 is 15.8 Å². The Hall–Kier alpha value is -1.82. The number of nitrogens with one attached hydrogen (secondary N) is 1. The van der Waals surface area contributed by atoms with Gasteiger partial charge in [-0.1, -0.05) is 17.7 Å². The smallest absolute Gasteiger partial charge is 0.404 e. The predicted octanol–water partition coefficient (Wildman–Crippen LogP) is 1.23. The molecule has 0 aliphatic carbocycles. The highest BCUT2D eigenvalue weighted by atomic mass is 35.5. The van der Waals surface area contributed by atoms with E-state index in [4.69, 9.17) is 17.3 Å². The molecule has 0 spiro atoms. The molecule has 0 unspecified atom stereocenters. The first-order chi connectivity index (χ1) is 8.49. The van der Waals surface area contributed by atoms with Crippen LogP contribution in [0.25, 0.3) is 0 Å². The zero-order valence-electron chi connectivity index (χ0n) is 9.41. The summed E-state index contributed by atoms with van der Waals surface area (Å²) in [6.07, 6.45) is -0.874. The number of benzene rings is 1. The molecule has 1 aromatic rings. The van der Waals surface area contributed by atoms with Gasteiger partial charge in [-0.3, -0.25) is 4.79 Å². The molecule has 0 saturated heterocycles. The molecule has 0 bridgehead atoms. The Bertz CT molecular complexity index is 454. The summed E-state index contributed by atoms with van der Waals surface area (Å²) in [5.74, 6) is -0.768. The number of carbonyl (C=O) groups is 2. The molecule has 98 valence electrons. The molecule has 7 heteroatoms. The van der Waals surface area contributed by atoms with Crippen molar-refractivity contribution in [2.75, 3.05) is 13.2 Å². The number of hydrogen-bond acceptors (Lipinski definition) is 3. The van der Waals surface area contributed by atoms with Gasteiger partial charge >= 0.3 is 6.09 Å². The lowest BCUT2D eigenvalue weighted by molar-refractivity contribution is -0.120. The van der Waals surface area contributed by atoms with Crippen LogP contribution >= 0.6 is 11.6 Å². The van der Waals surface area contributed by atoms with E-state index >= 15 is 0 Å². The van der Waals surface area contributed by atoms with Crippen molar-refractivity contribution in [1.29, 1.82) is 0 Å². The number of carbonyl (C=O) groups excluding carboxylic acids is 2. The Morgan fingerprint density at radius 3 is 2.78 bits per heavy atom. The summed E-state index contributed by atoms with van der Waals surface area (Å²) in [6.45, 7) is 0.152. The van der Waals surface area contributed by atoms with Crippen molar-refractivity contribution in [3.8, 4) is 0 Å². The molecule has 0 aliphatic rings. The van der Waals surface area contributed by atoms with E-state index in [-0.39, 0.29) is 30.5 Å². The topological polar surface area (TPSA) is 81.4 Å². The van der Waals surface area contributed by atoms with Crippen LogP contribution in [0.5, 0.6) is 0 Å². The van der Waals surface area contributed by atoms with E-state index in [0.717, 1.165) is 6.07 Å². The van der Waals surface area contributed by atoms with Crippen molar-refractivity contribution < 1.29 is 18.7 Å². The summed E-state index contributed by atoms with van der Waals surface area (Å²) >= 11 is 5.77. The van der Waals surface area contributed by atoms with Crippen LogP contribution in [0.2, 0.25) is 5.02 Å². The molecule has 3 N–H and O–H groups in total. The van der Waals surface area contributed by atoms with Crippen molar-refractivity contribution in [3.63, 3.8) is 0 Å². The molecular weight excluding hydrogens is 263 g/mol. The van der Waals surface area contributed by atoms with E-state index in [0.29, 0.717) is 5.56 Å². The second-order valence-electron chi connectivity index (χ2n) is 3.43. The van der Waals surface area contributed by atoms with Crippen molar-refractivity contribution in [2.24, 2.45) is 5.73 Å². The molecule has 1 rings (SSSR count). The Morgan fingerprint density at radius 2 is 2.17 bits per heavy atom. The number of primary amides is 1. The Kier molecular flexibility index (Phi) is 5.38. The molecule has 0 aromatic heterocycles. The average molecular weight is 275 g/mol. The first kappa shape index (κ1) is 14.2. The highest BCUT2D eigenvalue weighted by Gasteiger charge is 2.07. The summed E-state index contributed by atoms with van der Waals surface area (Å²) in [7, 11) is 0. The van der Waals surface area contributed by atoms with Gasteiger partial charge in [-0.2, -0.15) is 0 Å². The molecule has 0 radical (unpaired) electrons. The standard InChI is InChI=1S/C11H12ClFN2O3/c12-9-6-8(13)2-1-7(9)5-10(16)15-3-4-18-11(14)17/h1-2,6H,3-5H2,(H2,14,17)(H,15,16). The second kappa shape index (κ2) is 6.80. The first-order valence-corrected chi connectivity index (χ1v) is 5.49. The van der Waals surface area contributed by atoms with E-state index in [1.165, 1.54) is 12.1 Å². The number of nitrogens with two attached hydrogens (primary N) is 1. The zero-order chi connectivity index (χ0) is 13.5. The largest absolute Gasteiger partial charge is 0.448 e. The van der Waals surface area contributed by atoms with Gasteiger partial charge in [-0.25, -0.2) is 9.18 Å². The van der Waals surface area contributed by atoms with Gasteiger partial charge in [0.1, 0.15) is 12.4 Å². The molecular formula is C11H12ClFN2O3. The fourth-order valence-corrected chi connectivity index (χ4v) is 1.48. The minimum Gasteiger partial charge on any atom is -0.448 e. The average Bonchev–Trinajstić information content (AvgIpc) is 2.28. The third kappa shape index (κ3) is 5.01. The SMILES string of the molecule is NC(=O)OCCNC(=O)Cc1ccc(F)cc1Cl. The number of ether oxygens (including phenoxy) is 1. The van der Waals surface area contributed by atoms with Gasteiger partial charge in [-0.05, 0) is 17.7 Å². The van der Waals surface area contributed by atoms with Crippen LogP contribution in [0.3, 0.4) is 0 Å². The maximum absolute atomic E-state index is 12.8. The van der Waals surface area contributed by atoms with Crippen LogP contribution in [0, 0.1) is 5.82 Å². The maximum Gasteiger partial charge on any atom is 0.404 e. The number of hydrogen-bond donors (Lipinski definition) is 2. The number of halogens is 2. The van der Waals surface area contributed by atoms with E-state index in [1.807, 2.05) is 0 Å². The molecule has 0 aliphatic heterocycles.